The molecular formula is C38H69NO13. The largest absolute Gasteiger partial charge is 0.459 e. The van der Waals surface area contributed by atoms with Gasteiger partial charge in [-0.3, -0.25) is 9.59 Å². The number of aliphatic hydroxyl groups is 4. The topological polar surface area (TPSA) is 183 Å². The molecule has 3 aliphatic heterocycles. The van der Waals surface area contributed by atoms with E-state index in [-0.39, 0.29) is 37.2 Å². The van der Waals surface area contributed by atoms with Crippen LogP contribution in [-0.2, 0) is 42.7 Å². The number of nitrogens with zero attached hydrogens (tertiary/aromatic N) is 1. The molecule has 0 aromatic rings. The quantitative estimate of drug-likeness (QED) is 0.266. The van der Waals surface area contributed by atoms with E-state index in [1.54, 1.807) is 48.5 Å². The number of esters is 1. The summed E-state index contributed by atoms with van der Waals surface area (Å²) >= 11 is 0. The third kappa shape index (κ3) is 9.38. The first-order valence-corrected chi connectivity index (χ1v) is 18.9. The highest BCUT2D eigenvalue weighted by molar-refractivity contribution is 5.83. The average Bonchev–Trinajstić information content (AvgIpc) is 3.09. The van der Waals surface area contributed by atoms with Crippen LogP contribution in [-0.4, -0.2) is 150 Å². The first kappa shape index (κ1) is 45.1. The number of carbonyl (C=O) groups excluding carboxylic acids is 2. The van der Waals surface area contributed by atoms with Crippen LogP contribution in [0.2, 0.25) is 0 Å². The predicted molar refractivity (Wildman–Crippen MR) is 191 cm³/mol. The summed E-state index contributed by atoms with van der Waals surface area (Å²) in [7, 11) is 6.77. The molecule has 4 N–H and O–H groups in total. The fourth-order valence-corrected chi connectivity index (χ4v) is 8.58. The summed E-state index contributed by atoms with van der Waals surface area (Å²) in [6, 6.07) is -0.283. The Balaban J connectivity index is 2.22. The highest BCUT2D eigenvalue weighted by Gasteiger charge is 2.54. The second-order valence-corrected chi connectivity index (χ2v) is 16.6. The Morgan fingerprint density at radius 1 is 0.846 bits per heavy atom. The molecule has 304 valence electrons. The fourth-order valence-electron chi connectivity index (χ4n) is 8.58. The highest BCUT2D eigenvalue weighted by atomic mass is 16.7. The molecule has 0 aromatic heterocycles. The van der Waals surface area contributed by atoms with Gasteiger partial charge in [-0.2, -0.15) is 0 Å². The summed E-state index contributed by atoms with van der Waals surface area (Å²) in [5.74, 6) is -4.47. The standard InChI is InChI=1S/C38H69NO13/c1-15-26-38(10,45)31(42)21(4)28(40)19(2)17-37(9,47-14)33(52-35-29(41)25(39(11)12)16-20(3)48-35)22(5)30(23(6)34(44)50-26)51-27-18-36(8,46-13)32(43)24(7)49-27/h19-27,29-33,35,41-43,45H,15-18H2,1-14H3/t19-,20?,21+,22+,23-,24?,25?,26?,27+,29?,30+,31-,32+,33-,35+,36?,37-,38-/m1/s1. The summed E-state index contributed by atoms with van der Waals surface area (Å²) < 4.78 is 43.9. The lowest BCUT2D eigenvalue weighted by Crippen LogP contribution is -2.61. The molecule has 6 unspecified atom stereocenters. The van der Waals surface area contributed by atoms with E-state index in [0.717, 1.165) is 0 Å². The van der Waals surface area contributed by atoms with Gasteiger partial charge in [-0.05, 0) is 74.9 Å². The molecule has 0 saturated carbocycles. The molecule has 0 spiro atoms. The van der Waals surface area contributed by atoms with Crippen LogP contribution in [0.25, 0.3) is 0 Å². The molecule has 0 aromatic carbocycles. The monoisotopic (exact) mass is 747 g/mol. The SMILES string of the molecule is CCC1OC(=O)[C@H](C)[C@@H](O[C@H]2CC(C)(OC)[C@@H](O)C(C)O2)[C@H](C)[C@@H](O[C@@H]2OC(C)CC(N(C)C)C2O)[C@](C)(OC)C[C@@H](C)C(=O)[C@H](C)[C@@H](O)[C@]1(C)O. The van der Waals surface area contributed by atoms with Crippen LogP contribution in [0.3, 0.4) is 0 Å². The van der Waals surface area contributed by atoms with Crippen LogP contribution in [0.15, 0.2) is 0 Å². The molecule has 0 radical (unpaired) electrons. The van der Waals surface area contributed by atoms with Crippen LogP contribution in [0.5, 0.6) is 0 Å². The van der Waals surface area contributed by atoms with E-state index in [9.17, 15) is 30.0 Å². The van der Waals surface area contributed by atoms with Crippen molar-refractivity contribution in [2.75, 3.05) is 28.3 Å². The minimum Gasteiger partial charge on any atom is -0.459 e. The summed E-state index contributed by atoms with van der Waals surface area (Å²) in [4.78, 5) is 30.1. The van der Waals surface area contributed by atoms with Crippen molar-refractivity contribution in [3.05, 3.63) is 0 Å². The number of ether oxygens (including phenoxy) is 7. The molecule has 14 nitrogen and oxygen atoms in total. The number of ketones is 1. The lowest BCUT2D eigenvalue weighted by Gasteiger charge is -2.50. The molecule has 18 atom stereocenters. The lowest BCUT2D eigenvalue weighted by atomic mass is 9.74. The molecule has 3 saturated heterocycles. The van der Waals surface area contributed by atoms with Crippen molar-refractivity contribution in [2.45, 2.75) is 179 Å². The van der Waals surface area contributed by atoms with Crippen molar-refractivity contribution in [3.63, 3.8) is 0 Å². The zero-order valence-electron chi connectivity index (χ0n) is 33.9. The number of rotatable bonds is 8. The Bertz CT molecular complexity index is 1190. The van der Waals surface area contributed by atoms with Gasteiger partial charge in [0, 0.05) is 44.4 Å². The second-order valence-electron chi connectivity index (χ2n) is 16.6. The summed E-state index contributed by atoms with van der Waals surface area (Å²) in [5.41, 5.74) is -4.24. The zero-order valence-corrected chi connectivity index (χ0v) is 33.9. The molecule has 3 aliphatic rings. The zero-order chi connectivity index (χ0) is 39.7. The van der Waals surface area contributed by atoms with Crippen LogP contribution in [0.4, 0.5) is 0 Å². The number of methoxy groups -OCH3 is 2. The minimum atomic E-state index is -1.96. The van der Waals surface area contributed by atoms with E-state index in [2.05, 4.69) is 0 Å². The van der Waals surface area contributed by atoms with Crippen molar-refractivity contribution < 1.29 is 63.2 Å². The van der Waals surface area contributed by atoms with Crippen molar-refractivity contribution >= 4 is 11.8 Å². The minimum absolute atomic E-state index is 0.111. The predicted octanol–water partition coefficient (Wildman–Crippen LogP) is 2.44. The first-order valence-electron chi connectivity index (χ1n) is 18.9. The van der Waals surface area contributed by atoms with Crippen molar-refractivity contribution in [1.29, 1.82) is 0 Å². The Morgan fingerprint density at radius 2 is 1.44 bits per heavy atom. The first-order chi connectivity index (χ1) is 24.0. The third-order valence-corrected chi connectivity index (χ3v) is 12.3. The van der Waals surface area contributed by atoms with E-state index >= 15 is 0 Å². The fraction of sp³-hybridized carbons (Fsp3) is 0.947. The van der Waals surface area contributed by atoms with Gasteiger partial charge >= 0.3 is 5.97 Å². The second kappa shape index (κ2) is 17.7. The van der Waals surface area contributed by atoms with Gasteiger partial charge in [-0.1, -0.05) is 27.7 Å². The van der Waals surface area contributed by atoms with Crippen LogP contribution < -0.4 is 0 Å². The Kier molecular flexibility index (Phi) is 15.3. The normalized spacial score (nSPS) is 49.0. The molecule has 52 heavy (non-hydrogen) atoms. The summed E-state index contributed by atoms with van der Waals surface area (Å²) in [6.07, 6.45) is -8.73. The number of Topliss-reactive ketones (excluding diaryl/α,β-unsaturated/α-hetero) is 1. The summed E-state index contributed by atoms with van der Waals surface area (Å²) in [6.45, 7) is 17.1. The lowest BCUT2D eigenvalue weighted by molar-refractivity contribution is -0.319. The van der Waals surface area contributed by atoms with Crippen molar-refractivity contribution in [2.24, 2.45) is 23.7 Å². The molecule has 0 amide bonds. The number of cyclic esters (lactones) is 1. The number of hydrogen-bond acceptors (Lipinski definition) is 14. The van der Waals surface area contributed by atoms with E-state index in [4.69, 9.17) is 33.2 Å². The molecule has 3 heterocycles. The van der Waals surface area contributed by atoms with Gasteiger partial charge in [0.1, 0.15) is 29.7 Å². The van der Waals surface area contributed by atoms with Gasteiger partial charge in [-0.25, -0.2) is 0 Å². The molecule has 3 fully saturated rings. The van der Waals surface area contributed by atoms with E-state index < -0.39 is 102 Å². The van der Waals surface area contributed by atoms with Gasteiger partial charge in [0.15, 0.2) is 12.6 Å². The maximum atomic E-state index is 14.2. The van der Waals surface area contributed by atoms with Crippen LogP contribution in [0.1, 0.15) is 94.9 Å². The van der Waals surface area contributed by atoms with Gasteiger partial charge < -0.3 is 58.5 Å². The number of aliphatic hydroxyl groups excluding tert-OH is 3. The number of carbonyl (C=O) groups is 2. The van der Waals surface area contributed by atoms with E-state index in [1.807, 2.05) is 32.8 Å². The van der Waals surface area contributed by atoms with E-state index in [1.165, 1.54) is 21.1 Å². The highest BCUT2D eigenvalue weighted by Crippen LogP contribution is 2.41. The Morgan fingerprint density at radius 3 is 1.98 bits per heavy atom. The van der Waals surface area contributed by atoms with Gasteiger partial charge in [0.2, 0.25) is 0 Å². The van der Waals surface area contributed by atoms with Crippen molar-refractivity contribution in [3.8, 4) is 0 Å². The maximum Gasteiger partial charge on any atom is 0.311 e. The molecule has 14 heteroatoms. The number of hydrogen-bond donors (Lipinski definition) is 4. The van der Waals surface area contributed by atoms with Crippen molar-refractivity contribution in [1.82, 2.24) is 4.90 Å². The third-order valence-electron chi connectivity index (χ3n) is 12.3. The molecule has 0 bridgehead atoms. The maximum absolute atomic E-state index is 14.2. The smallest absolute Gasteiger partial charge is 0.311 e. The molecule has 3 rings (SSSR count). The van der Waals surface area contributed by atoms with Crippen LogP contribution in [0, 0.1) is 23.7 Å². The van der Waals surface area contributed by atoms with E-state index in [0.29, 0.717) is 6.42 Å². The summed E-state index contributed by atoms with van der Waals surface area (Å²) in [5, 5.41) is 45.6. The molecule has 0 aliphatic carbocycles. The number of likely N-dealkylation sites (N-methyl/N-ethyl adjacent to an activating group) is 1. The Hall–Kier alpha value is -1.30. The van der Waals surface area contributed by atoms with Gasteiger partial charge in [-0.15, -0.1) is 0 Å². The Labute approximate surface area is 310 Å². The van der Waals surface area contributed by atoms with Crippen LogP contribution >= 0.6 is 0 Å². The average molecular weight is 748 g/mol. The van der Waals surface area contributed by atoms with Gasteiger partial charge in [0.05, 0.1) is 47.6 Å². The molecular weight excluding hydrogens is 678 g/mol. The van der Waals surface area contributed by atoms with Gasteiger partial charge in [0.25, 0.3) is 0 Å².